The number of carbonyl (C=O) groups excluding carboxylic acids is 2. The average molecular weight is 381 g/mol. The summed E-state index contributed by atoms with van der Waals surface area (Å²) in [5.74, 6) is 0.961. The third-order valence-electron chi connectivity index (χ3n) is 3.66. The van der Waals surface area contributed by atoms with Gasteiger partial charge in [-0.15, -0.1) is 0 Å². The number of ether oxygens (including phenoxy) is 2. The van der Waals surface area contributed by atoms with Gasteiger partial charge in [0.1, 0.15) is 22.8 Å². The Morgan fingerprint density at radius 1 is 1.23 bits per heavy atom. The van der Waals surface area contributed by atoms with Crippen molar-refractivity contribution in [3.05, 3.63) is 46.4 Å². The Bertz CT molecular complexity index is 788. The topological polar surface area (TPSA) is 89.8 Å². The molecule has 0 aliphatic carbocycles. The van der Waals surface area contributed by atoms with E-state index in [1.807, 2.05) is 0 Å². The van der Waals surface area contributed by atoms with Crippen molar-refractivity contribution in [2.24, 2.45) is 0 Å². The zero-order chi connectivity index (χ0) is 19.1. The fraction of sp³-hybridized carbons (Fsp3) is 0.333. The van der Waals surface area contributed by atoms with E-state index in [0.29, 0.717) is 34.4 Å². The summed E-state index contributed by atoms with van der Waals surface area (Å²) < 4.78 is 15.3. The van der Waals surface area contributed by atoms with Crippen LogP contribution in [0.5, 0.6) is 5.75 Å². The molecule has 2 aromatic rings. The largest absolute Gasteiger partial charge is 0.495 e. The molecule has 0 spiro atoms. The van der Waals surface area contributed by atoms with Crippen molar-refractivity contribution in [3.63, 3.8) is 0 Å². The predicted molar refractivity (Wildman–Crippen MR) is 97.7 cm³/mol. The highest BCUT2D eigenvalue weighted by Gasteiger charge is 2.15. The van der Waals surface area contributed by atoms with E-state index in [4.69, 9.17) is 20.8 Å². The first-order chi connectivity index (χ1) is 12.4. The molecule has 0 unspecified atom stereocenters. The van der Waals surface area contributed by atoms with Gasteiger partial charge < -0.3 is 24.5 Å². The molecule has 0 saturated carbocycles. The summed E-state index contributed by atoms with van der Waals surface area (Å²) in [5, 5.41) is 6.43. The fourth-order valence-corrected chi connectivity index (χ4v) is 2.52. The van der Waals surface area contributed by atoms with Crippen LogP contribution in [-0.4, -0.2) is 32.6 Å². The predicted octanol–water partition coefficient (Wildman–Crippen LogP) is 3.16. The van der Waals surface area contributed by atoms with Crippen molar-refractivity contribution >= 4 is 29.2 Å². The number of nitrogens with one attached hydrogen (secondary N) is 2. The van der Waals surface area contributed by atoms with Gasteiger partial charge in [0.15, 0.2) is 0 Å². The van der Waals surface area contributed by atoms with Gasteiger partial charge in [-0.2, -0.15) is 0 Å². The maximum atomic E-state index is 12.0. The summed E-state index contributed by atoms with van der Waals surface area (Å²) in [6.07, 6.45) is 0.249. The lowest BCUT2D eigenvalue weighted by atomic mass is 10.2. The Kier molecular flexibility index (Phi) is 6.91. The number of esters is 1. The number of benzene rings is 1. The molecule has 0 aliphatic heterocycles. The van der Waals surface area contributed by atoms with Gasteiger partial charge in [-0.3, -0.25) is 4.79 Å². The molecule has 1 aromatic carbocycles. The summed E-state index contributed by atoms with van der Waals surface area (Å²) in [7, 11) is 2.87. The molecule has 2 rings (SSSR count). The fourth-order valence-electron chi connectivity index (χ4n) is 2.35. The Labute approximate surface area is 156 Å². The van der Waals surface area contributed by atoms with Crippen LogP contribution in [0.3, 0.4) is 0 Å². The monoisotopic (exact) mass is 380 g/mol. The number of aryl methyl sites for hydroxylation is 1. The van der Waals surface area contributed by atoms with Gasteiger partial charge in [0.05, 0.1) is 26.5 Å². The highest BCUT2D eigenvalue weighted by molar-refractivity contribution is 6.30. The highest BCUT2D eigenvalue weighted by Crippen LogP contribution is 2.27. The molecule has 0 bridgehead atoms. The highest BCUT2D eigenvalue weighted by atomic mass is 35.5. The number of methoxy groups -OCH3 is 2. The van der Waals surface area contributed by atoms with E-state index in [-0.39, 0.29) is 18.9 Å². The van der Waals surface area contributed by atoms with Crippen molar-refractivity contribution in [1.82, 2.24) is 5.32 Å². The minimum absolute atomic E-state index is 0.160. The molecule has 0 fully saturated rings. The number of carbonyl (C=O) groups is 2. The molecule has 8 heteroatoms. The van der Waals surface area contributed by atoms with Crippen LogP contribution in [0.15, 0.2) is 28.7 Å². The molecule has 1 aromatic heterocycles. The normalized spacial score (nSPS) is 10.3. The molecule has 2 N–H and O–H groups in total. The van der Waals surface area contributed by atoms with Gasteiger partial charge in [-0.05, 0) is 31.2 Å². The number of amides is 1. The number of hydrogen-bond donors (Lipinski definition) is 2. The van der Waals surface area contributed by atoms with E-state index < -0.39 is 5.97 Å². The van der Waals surface area contributed by atoms with Crippen molar-refractivity contribution < 1.29 is 23.5 Å². The van der Waals surface area contributed by atoms with Gasteiger partial charge in [-0.25, -0.2) is 4.79 Å². The molecule has 0 saturated heterocycles. The lowest BCUT2D eigenvalue weighted by Crippen LogP contribution is -2.24. The minimum atomic E-state index is -0.469. The summed E-state index contributed by atoms with van der Waals surface area (Å²) in [6.45, 7) is 2.27. The molecule has 140 valence electrons. The lowest BCUT2D eigenvalue weighted by Gasteiger charge is -2.11. The smallest absolute Gasteiger partial charge is 0.341 e. The summed E-state index contributed by atoms with van der Waals surface area (Å²) in [5.41, 5.74) is 1.07. The van der Waals surface area contributed by atoms with Crippen LogP contribution in [0.4, 0.5) is 5.69 Å². The van der Waals surface area contributed by atoms with Crippen LogP contribution in [0.1, 0.15) is 28.3 Å². The van der Waals surface area contributed by atoms with E-state index in [2.05, 4.69) is 15.4 Å². The number of halogens is 1. The molecule has 1 heterocycles. The maximum absolute atomic E-state index is 12.0. The summed E-state index contributed by atoms with van der Waals surface area (Å²) in [6, 6.07) is 6.78. The number of anilines is 1. The van der Waals surface area contributed by atoms with E-state index in [1.54, 1.807) is 38.3 Å². The van der Waals surface area contributed by atoms with E-state index in [0.717, 1.165) is 5.69 Å². The zero-order valence-electron chi connectivity index (χ0n) is 14.8. The minimum Gasteiger partial charge on any atom is -0.495 e. The first-order valence-electron chi connectivity index (χ1n) is 7.96. The number of furan rings is 1. The van der Waals surface area contributed by atoms with Crippen LogP contribution < -0.4 is 15.4 Å². The first-order valence-corrected chi connectivity index (χ1v) is 8.34. The van der Waals surface area contributed by atoms with Crippen LogP contribution in [0.2, 0.25) is 5.02 Å². The molecular weight excluding hydrogens is 360 g/mol. The molecule has 1 amide bonds. The van der Waals surface area contributed by atoms with Crippen molar-refractivity contribution in [1.29, 1.82) is 0 Å². The molecule has 26 heavy (non-hydrogen) atoms. The number of rotatable bonds is 8. The quantitative estimate of drug-likeness (QED) is 0.684. The second kappa shape index (κ2) is 9.15. The third kappa shape index (κ3) is 5.16. The van der Waals surface area contributed by atoms with Gasteiger partial charge in [0.2, 0.25) is 5.91 Å². The third-order valence-corrected chi connectivity index (χ3v) is 3.90. The molecule has 0 aliphatic rings. The van der Waals surface area contributed by atoms with Crippen LogP contribution in [0.25, 0.3) is 0 Å². The molecule has 0 atom stereocenters. The molecular formula is C18H21ClN2O5. The second-order valence-electron chi connectivity index (χ2n) is 5.47. The Morgan fingerprint density at radius 3 is 2.69 bits per heavy atom. The summed E-state index contributed by atoms with van der Waals surface area (Å²) >= 11 is 5.96. The Morgan fingerprint density at radius 2 is 2.00 bits per heavy atom. The van der Waals surface area contributed by atoms with Crippen LogP contribution >= 0.6 is 11.6 Å². The second-order valence-corrected chi connectivity index (χ2v) is 5.91. The van der Waals surface area contributed by atoms with Gasteiger partial charge >= 0.3 is 5.97 Å². The van der Waals surface area contributed by atoms with E-state index >= 15 is 0 Å². The average Bonchev–Trinajstić information content (AvgIpc) is 3.00. The first kappa shape index (κ1) is 19.7. The Hall–Kier alpha value is -2.67. The van der Waals surface area contributed by atoms with Crippen molar-refractivity contribution in [2.45, 2.75) is 19.9 Å². The Balaban J connectivity index is 1.81. The lowest BCUT2D eigenvalue weighted by molar-refractivity contribution is -0.121. The van der Waals surface area contributed by atoms with Gasteiger partial charge in [0.25, 0.3) is 0 Å². The SMILES string of the molecule is COC(=O)c1cc(CNC(=O)CCNc2cc(Cl)ccc2OC)oc1C. The van der Waals surface area contributed by atoms with Crippen molar-refractivity contribution in [2.75, 3.05) is 26.1 Å². The van der Waals surface area contributed by atoms with E-state index in [9.17, 15) is 9.59 Å². The van der Waals surface area contributed by atoms with Crippen molar-refractivity contribution in [3.8, 4) is 5.75 Å². The van der Waals surface area contributed by atoms with E-state index in [1.165, 1.54) is 7.11 Å². The molecule has 0 radical (unpaired) electrons. The van der Waals surface area contributed by atoms with Crippen LogP contribution in [-0.2, 0) is 16.1 Å². The zero-order valence-corrected chi connectivity index (χ0v) is 15.6. The maximum Gasteiger partial charge on any atom is 0.341 e. The van der Waals surface area contributed by atoms with Gasteiger partial charge in [-0.1, -0.05) is 11.6 Å². The molecule has 7 nitrogen and oxygen atoms in total. The van der Waals surface area contributed by atoms with Crippen LogP contribution in [0, 0.1) is 6.92 Å². The standard InChI is InChI=1S/C18H21ClN2O5/c1-11-14(18(23)25-3)9-13(26-11)10-21-17(22)6-7-20-15-8-12(19)4-5-16(15)24-2/h4-5,8-9,20H,6-7,10H2,1-3H3,(H,21,22). The van der Waals surface area contributed by atoms with Gasteiger partial charge in [0, 0.05) is 18.0 Å². The summed E-state index contributed by atoms with van der Waals surface area (Å²) in [4.78, 5) is 23.5. The number of hydrogen-bond acceptors (Lipinski definition) is 6.